The van der Waals surface area contributed by atoms with E-state index in [-0.39, 0.29) is 0 Å². The quantitative estimate of drug-likeness (QED) is 0.169. The van der Waals surface area contributed by atoms with Crippen LogP contribution in [0.2, 0.25) is 0 Å². The van der Waals surface area contributed by atoms with Gasteiger partial charge >= 0.3 is 0 Å². The number of nitrogens with zero attached hydrogens (tertiary/aromatic N) is 2. The smallest absolute Gasteiger partial charge is 0.0541 e. The van der Waals surface area contributed by atoms with Crippen molar-refractivity contribution in [2.24, 2.45) is 0 Å². The molecule has 0 fully saturated rings. The molecule has 2 heteroatoms. The summed E-state index contributed by atoms with van der Waals surface area (Å²) in [6.07, 6.45) is 6.17. The summed E-state index contributed by atoms with van der Waals surface area (Å²) in [6.45, 7) is 6.12. The van der Waals surface area contributed by atoms with E-state index in [9.17, 15) is 0 Å². The Hall–Kier alpha value is -6.64. The largest absolute Gasteiger partial charge is 0.309 e. The molecule has 0 aliphatic carbocycles. The summed E-state index contributed by atoms with van der Waals surface area (Å²) in [5, 5.41) is 6.14. The summed E-state index contributed by atoms with van der Waals surface area (Å²) >= 11 is 0. The van der Waals surface area contributed by atoms with Crippen molar-refractivity contribution in [2.75, 3.05) is 0 Å². The Balaban J connectivity index is 1.10. The van der Waals surface area contributed by atoms with Crippen LogP contribution in [0.5, 0.6) is 0 Å². The third kappa shape index (κ3) is 5.21. The summed E-state index contributed by atoms with van der Waals surface area (Å²) in [7, 11) is 0. The minimum absolute atomic E-state index is 1.13. The first-order valence-corrected chi connectivity index (χ1v) is 17.5. The molecule has 2 nitrogen and oxygen atoms in total. The molecule has 0 unspecified atom stereocenters. The summed E-state index contributed by atoms with van der Waals surface area (Å²) < 4.78 is 4.72. The molecule has 0 bridgehead atoms. The second-order valence-electron chi connectivity index (χ2n) is 13.0. The highest BCUT2D eigenvalue weighted by Gasteiger charge is 2.13. The van der Waals surface area contributed by atoms with Crippen LogP contribution in [0.25, 0.3) is 89.6 Å². The Kier molecular flexibility index (Phi) is 7.56. The molecule has 0 amide bonds. The van der Waals surface area contributed by atoms with Crippen molar-refractivity contribution >= 4 is 44.9 Å². The van der Waals surface area contributed by atoms with Gasteiger partial charge in [-0.25, -0.2) is 0 Å². The van der Waals surface area contributed by atoms with E-state index in [2.05, 4.69) is 205 Å². The molecule has 2 heterocycles. The van der Waals surface area contributed by atoms with Crippen LogP contribution in [0.15, 0.2) is 183 Å². The lowest BCUT2D eigenvalue weighted by molar-refractivity contribution is 1.07. The molecule has 0 radical (unpaired) electrons. The lowest BCUT2D eigenvalue weighted by atomic mass is 9.96. The van der Waals surface area contributed by atoms with Gasteiger partial charge in [-0.05, 0) is 101 Å². The molecule has 0 atom stereocenters. The number of benzene rings is 7. The zero-order valence-corrected chi connectivity index (χ0v) is 28.5. The van der Waals surface area contributed by atoms with E-state index in [4.69, 9.17) is 0 Å². The number of fused-ring (bicyclic) bond motifs is 4. The van der Waals surface area contributed by atoms with Gasteiger partial charge in [0.25, 0.3) is 0 Å². The van der Waals surface area contributed by atoms with Crippen LogP contribution in [0, 0.1) is 0 Å². The molecule has 2 aromatic heterocycles. The van der Waals surface area contributed by atoms with Crippen LogP contribution in [-0.2, 0) is 0 Å². The van der Waals surface area contributed by atoms with E-state index in [1.54, 1.807) is 0 Å². The fourth-order valence-electron chi connectivity index (χ4n) is 7.75. The Bertz CT molecular complexity index is 2840. The molecule has 9 aromatic rings. The first-order chi connectivity index (χ1) is 25.2. The van der Waals surface area contributed by atoms with Gasteiger partial charge in [0.15, 0.2) is 0 Å². The fraction of sp³-hybridized carbons (Fsp3) is 0.0204. The van der Waals surface area contributed by atoms with Crippen molar-refractivity contribution in [3.63, 3.8) is 0 Å². The van der Waals surface area contributed by atoms with Gasteiger partial charge in [-0.2, -0.15) is 0 Å². The van der Waals surface area contributed by atoms with Gasteiger partial charge in [0.05, 0.1) is 21.9 Å². The molecule has 242 valence electrons. The highest BCUT2D eigenvalue weighted by atomic mass is 15.0. The van der Waals surface area contributed by atoms with Crippen LogP contribution < -0.4 is 10.6 Å². The van der Waals surface area contributed by atoms with E-state index < -0.39 is 0 Å². The van der Waals surface area contributed by atoms with Crippen LogP contribution >= 0.6 is 0 Å². The monoisotopic (exact) mass is 652 g/mol. The number of hydrogen-bond acceptors (Lipinski definition) is 0. The van der Waals surface area contributed by atoms with Gasteiger partial charge in [-0.1, -0.05) is 134 Å². The Labute approximate surface area is 297 Å². The Morgan fingerprint density at radius 1 is 0.412 bits per heavy atom. The van der Waals surface area contributed by atoms with Crippen LogP contribution in [0.1, 0.15) is 6.92 Å². The molecule has 51 heavy (non-hydrogen) atoms. The summed E-state index contributed by atoms with van der Waals surface area (Å²) in [5.41, 5.74) is 13.0. The molecule has 0 saturated carbocycles. The molecular weight excluding hydrogens is 617 g/mol. The van der Waals surface area contributed by atoms with E-state index in [1.807, 2.05) is 6.08 Å². The molecule has 0 saturated heterocycles. The van der Waals surface area contributed by atoms with E-state index in [0.29, 0.717) is 0 Å². The third-order valence-corrected chi connectivity index (χ3v) is 10.0. The molecule has 0 spiro atoms. The van der Waals surface area contributed by atoms with E-state index in [0.717, 1.165) is 16.7 Å². The second-order valence-corrected chi connectivity index (χ2v) is 13.0. The Morgan fingerprint density at radius 3 is 1.27 bits per heavy atom. The van der Waals surface area contributed by atoms with Crippen molar-refractivity contribution in [2.45, 2.75) is 6.92 Å². The third-order valence-electron chi connectivity index (χ3n) is 10.0. The standard InChI is InChI=1S/C49H36N2/c1-3-15-46-42(4-2)43-24-5-8-27-47(43)50(46)40-22-13-20-38(32-40)36-18-11-16-34(30-36)35-17-12-19-37(31-35)39-21-14-23-41(33-39)51-48-28-9-6-25-44(48)45-26-7-10-29-49(45)51/h3-33H,1H2,2H3/b42-4-,46-15+. The fourth-order valence-corrected chi connectivity index (χ4v) is 7.75. The predicted molar refractivity (Wildman–Crippen MR) is 218 cm³/mol. The van der Waals surface area contributed by atoms with Gasteiger partial charge in [0.2, 0.25) is 0 Å². The lowest BCUT2D eigenvalue weighted by Crippen LogP contribution is -2.27. The van der Waals surface area contributed by atoms with Crippen molar-refractivity contribution in [1.29, 1.82) is 0 Å². The molecule has 9 rings (SSSR count). The van der Waals surface area contributed by atoms with Gasteiger partial charge in [-0.15, -0.1) is 0 Å². The first kappa shape index (κ1) is 30.4. The maximum atomic E-state index is 4.02. The van der Waals surface area contributed by atoms with Crippen molar-refractivity contribution < 1.29 is 0 Å². The molecule has 0 aliphatic heterocycles. The zero-order valence-electron chi connectivity index (χ0n) is 28.5. The molecule has 0 aliphatic rings. The SMILES string of the molecule is C=C/C=c1\c(=C/C)c2ccccc2n1-c1cccc(-c2cccc(-c3cccc(-c4cccc(-n5c6ccccc6c6ccccc65)c4)c3)c2)c1. The normalized spacial score (nSPS) is 12.3. The van der Waals surface area contributed by atoms with Crippen molar-refractivity contribution in [3.8, 4) is 44.8 Å². The molecular formula is C49H36N2. The average molecular weight is 653 g/mol. The summed E-state index contributed by atoms with van der Waals surface area (Å²) in [6, 6.07) is 61.5. The highest BCUT2D eigenvalue weighted by molar-refractivity contribution is 6.09. The lowest BCUT2D eigenvalue weighted by Gasteiger charge is -2.12. The highest BCUT2D eigenvalue weighted by Crippen LogP contribution is 2.35. The number of para-hydroxylation sites is 3. The topological polar surface area (TPSA) is 9.86 Å². The van der Waals surface area contributed by atoms with Gasteiger partial charge in [0.1, 0.15) is 0 Å². The van der Waals surface area contributed by atoms with Crippen LogP contribution in [0.4, 0.5) is 0 Å². The summed E-state index contributed by atoms with van der Waals surface area (Å²) in [4.78, 5) is 0. The minimum Gasteiger partial charge on any atom is -0.309 e. The molecule has 0 N–H and O–H groups in total. The van der Waals surface area contributed by atoms with Crippen molar-refractivity contribution in [3.05, 3.63) is 193 Å². The zero-order chi connectivity index (χ0) is 34.3. The van der Waals surface area contributed by atoms with E-state index in [1.165, 1.54) is 71.3 Å². The number of hydrogen-bond donors (Lipinski definition) is 0. The number of aromatic nitrogens is 2. The van der Waals surface area contributed by atoms with Gasteiger partial charge < -0.3 is 9.13 Å². The minimum atomic E-state index is 1.13. The number of rotatable bonds is 6. The van der Waals surface area contributed by atoms with Gasteiger partial charge in [-0.3, -0.25) is 0 Å². The van der Waals surface area contributed by atoms with Crippen LogP contribution in [0.3, 0.4) is 0 Å². The number of allylic oxidation sites excluding steroid dienone is 1. The summed E-state index contributed by atoms with van der Waals surface area (Å²) in [5.74, 6) is 0. The van der Waals surface area contributed by atoms with Gasteiger partial charge in [0, 0.05) is 32.8 Å². The maximum Gasteiger partial charge on any atom is 0.0541 e. The van der Waals surface area contributed by atoms with Crippen molar-refractivity contribution in [1.82, 2.24) is 9.13 Å². The Morgan fingerprint density at radius 2 is 0.804 bits per heavy atom. The first-order valence-electron chi connectivity index (χ1n) is 17.5. The van der Waals surface area contributed by atoms with Crippen LogP contribution in [-0.4, -0.2) is 9.13 Å². The van der Waals surface area contributed by atoms with E-state index >= 15 is 0 Å². The predicted octanol–water partition coefficient (Wildman–Crippen LogP) is 11.5. The average Bonchev–Trinajstić information content (AvgIpc) is 3.70. The molecule has 7 aromatic carbocycles. The second kappa shape index (κ2) is 12.7. The maximum absolute atomic E-state index is 4.02.